The van der Waals surface area contributed by atoms with E-state index in [0.29, 0.717) is 11.8 Å². The Bertz CT molecular complexity index is 753. The van der Waals surface area contributed by atoms with Crippen LogP contribution in [0.5, 0.6) is 0 Å². The van der Waals surface area contributed by atoms with Crippen LogP contribution in [-0.4, -0.2) is 58.3 Å². The minimum atomic E-state index is -1.57. The van der Waals surface area contributed by atoms with E-state index in [1.165, 1.54) is 5.57 Å². The van der Waals surface area contributed by atoms with Crippen LogP contribution in [0.3, 0.4) is 0 Å². The van der Waals surface area contributed by atoms with E-state index in [4.69, 9.17) is 4.74 Å². The third kappa shape index (κ3) is 1.67. The second kappa shape index (κ2) is 4.84. The summed E-state index contributed by atoms with van der Waals surface area (Å²) in [4.78, 5) is 15.0. The summed E-state index contributed by atoms with van der Waals surface area (Å²) in [6.07, 6.45) is 7.27. The Balaban J connectivity index is 1.74. The predicted octanol–water partition coefficient (Wildman–Crippen LogP) is 1.32. The molecule has 0 aromatic heterocycles. The maximum atomic E-state index is 12.6. The Morgan fingerprint density at radius 1 is 1.44 bits per heavy atom. The zero-order chi connectivity index (χ0) is 17.6. The van der Waals surface area contributed by atoms with Gasteiger partial charge in [0.05, 0.1) is 0 Å². The van der Waals surface area contributed by atoms with Crippen molar-refractivity contribution < 1.29 is 19.7 Å². The van der Waals surface area contributed by atoms with Gasteiger partial charge in [-0.1, -0.05) is 25.2 Å². The van der Waals surface area contributed by atoms with Gasteiger partial charge in [0.15, 0.2) is 11.4 Å². The molecule has 2 bridgehead atoms. The van der Waals surface area contributed by atoms with Crippen LogP contribution in [0.15, 0.2) is 35.1 Å². The van der Waals surface area contributed by atoms with E-state index in [2.05, 4.69) is 18.0 Å². The third-order valence-electron chi connectivity index (χ3n) is 7.28. The molecule has 2 fully saturated rings. The van der Waals surface area contributed by atoms with Crippen LogP contribution in [0.25, 0.3) is 0 Å². The third-order valence-corrected chi connectivity index (χ3v) is 7.28. The normalized spacial score (nSPS) is 47.3. The standard InChI is InChI=1S/C20H25NO4/c1-3-15(23)20(24)7-6-11-10-13-12-4-5-14(22)17-19(12,8-9-21(13)2)16(11)18(20)25-17/h4-6,12-14,17,22,24H,3,7-10H2,1-2H3/t12-,13+,14-,17-,19-,20?/m0/s1. The summed E-state index contributed by atoms with van der Waals surface area (Å²) < 4.78 is 6.26. The van der Waals surface area contributed by atoms with Gasteiger partial charge in [-0.2, -0.15) is 0 Å². The fourth-order valence-electron chi connectivity index (χ4n) is 6.03. The van der Waals surface area contributed by atoms with Crippen molar-refractivity contribution in [1.82, 2.24) is 4.90 Å². The fraction of sp³-hybridized carbons (Fsp3) is 0.650. The highest BCUT2D eigenvalue weighted by atomic mass is 16.5. The van der Waals surface area contributed by atoms with Gasteiger partial charge in [0.25, 0.3) is 0 Å². The number of hydrogen-bond donors (Lipinski definition) is 2. The maximum absolute atomic E-state index is 12.6. The molecule has 2 heterocycles. The minimum Gasteiger partial charge on any atom is -0.487 e. The number of carbonyl (C=O) groups excluding carboxylic acids is 1. The van der Waals surface area contributed by atoms with E-state index in [1.54, 1.807) is 6.92 Å². The number of nitrogens with zero attached hydrogens (tertiary/aromatic N) is 1. The molecule has 1 saturated heterocycles. The van der Waals surface area contributed by atoms with E-state index >= 15 is 0 Å². The highest BCUT2D eigenvalue weighted by molar-refractivity contribution is 5.91. The van der Waals surface area contributed by atoms with Crippen molar-refractivity contribution in [3.8, 4) is 0 Å². The predicted molar refractivity (Wildman–Crippen MR) is 91.6 cm³/mol. The van der Waals surface area contributed by atoms with Gasteiger partial charge < -0.3 is 19.8 Å². The zero-order valence-electron chi connectivity index (χ0n) is 14.7. The topological polar surface area (TPSA) is 70.0 Å². The summed E-state index contributed by atoms with van der Waals surface area (Å²) >= 11 is 0. The number of Topliss-reactive ketones (excluding diaryl/α,β-unsaturated/α-hetero) is 1. The Hall–Kier alpha value is -1.43. The number of piperidine rings is 1. The summed E-state index contributed by atoms with van der Waals surface area (Å²) in [5.41, 5.74) is 0.361. The largest absolute Gasteiger partial charge is 0.487 e. The number of aliphatic hydroxyl groups excluding tert-OH is 1. The second-order valence-corrected chi connectivity index (χ2v) is 8.26. The van der Waals surface area contributed by atoms with Crippen molar-refractivity contribution in [2.75, 3.05) is 13.6 Å². The lowest BCUT2D eigenvalue weighted by Gasteiger charge is -2.58. The van der Waals surface area contributed by atoms with Crippen molar-refractivity contribution in [2.45, 2.75) is 56.5 Å². The molecule has 5 rings (SSSR count). The number of likely N-dealkylation sites (tertiary alicyclic amines) is 1. The molecule has 0 radical (unpaired) electrons. The minimum absolute atomic E-state index is 0.200. The smallest absolute Gasteiger partial charge is 0.183 e. The van der Waals surface area contributed by atoms with Crippen LogP contribution >= 0.6 is 0 Å². The first-order chi connectivity index (χ1) is 11.9. The molecule has 3 aliphatic carbocycles. The Kier molecular flexibility index (Phi) is 3.06. The molecule has 2 N–H and O–H groups in total. The monoisotopic (exact) mass is 343 g/mol. The molecule has 0 amide bonds. The van der Waals surface area contributed by atoms with E-state index in [9.17, 15) is 15.0 Å². The first kappa shape index (κ1) is 15.8. The molecule has 2 aliphatic heterocycles. The first-order valence-corrected chi connectivity index (χ1v) is 9.37. The molecule has 25 heavy (non-hydrogen) atoms. The SMILES string of the molecule is CCC(=O)C1(O)CC=C2C[C@@H]3[C@@H]4C=C[C@H](O)[C@@H]5OC1=C2[C@]45CCN3C. The van der Waals surface area contributed by atoms with Gasteiger partial charge >= 0.3 is 0 Å². The zero-order valence-corrected chi connectivity index (χ0v) is 14.7. The van der Waals surface area contributed by atoms with Crippen LogP contribution < -0.4 is 0 Å². The number of carbonyl (C=O) groups is 1. The Morgan fingerprint density at radius 3 is 3.00 bits per heavy atom. The number of ketones is 1. The number of hydrogen-bond acceptors (Lipinski definition) is 5. The van der Waals surface area contributed by atoms with Crippen molar-refractivity contribution in [3.05, 3.63) is 35.1 Å². The Labute approximate surface area is 147 Å². The molecule has 5 nitrogen and oxygen atoms in total. The van der Waals surface area contributed by atoms with E-state index in [0.717, 1.165) is 25.0 Å². The van der Waals surface area contributed by atoms with E-state index < -0.39 is 17.8 Å². The van der Waals surface area contributed by atoms with Gasteiger partial charge in [-0.05, 0) is 32.0 Å². The van der Waals surface area contributed by atoms with Crippen LogP contribution in [0.1, 0.15) is 32.6 Å². The molecule has 0 aromatic rings. The lowest BCUT2D eigenvalue weighted by Crippen LogP contribution is -2.62. The molecule has 1 spiro atoms. The van der Waals surface area contributed by atoms with Gasteiger partial charge in [0.2, 0.25) is 0 Å². The highest BCUT2D eigenvalue weighted by Gasteiger charge is 2.67. The Morgan fingerprint density at radius 2 is 2.24 bits per heavy atom. The molecule has 1 saturated carbocycles. The van der Waals surface area contributed by atoms with Gasteiger partial charge in [-0.25, -0.2) is 0 Å². The molecule has 6 atom stereocenters. The van der Waals surface area contributed by atoms with Gasteiger partial charge in [0, 0.05) is 35.8 Å². The lowest BCUT2D eigenvalue weighted by atomic mass is 9.51. The van der Waals surface area contributed by atoms with E-state index in [-0.39, 0.29) is 30.0 Å². The highest BCUT2D eigenvalue weighted by Crippen LogP contribution is 2.65. The molecule has 1 unspecified atom stereocenters. The van der Waals surface area contributed by atoms with Crippen molar-refractivity contribution in [1.29, 1.82) is 0 Å². The van der Waals surface area contributed by atoms with Crippen molar-refractivity contribution >= 4 is 5.78 Å². The quantitative estimate of drug-likeness (QED) is 0.740. The average Bonchev–Trinajstić information content (AvgIpc) is 2.97. The van der Waals surface area contributed by atoms with Crippen LogP contribution in [0, 0.1) is 11.3 Å². The fourth-order valence-corrected chi connectivity index (χ4v) is 6.03. The summed E-state index contributed by atoms with van der Waals surface area (Å²) in [7, 11) is 2.16. The first-order valence-electron chi connectivity index (χ1n) is 9.37. The van der Waals surface area contributed by atoms with Crippen LogP contribution in [0.4, 0.5) is 0 Å². The number of rotatable bonds is 2. The lowest BCUT2D eigenvalue weighted by molar-refractivity contribution is -0.140. The molecular formula is C20H25NO4. The summed E-state index contributed by atoms with van der Waals surface area (Å²) in [6, 6.07) is 0.381. The molecule has 0 aromatic carbocycles. The molecular weight excluding hydrogens is 318 g/mol. The van der Waals surface area contributed by atoms with Crippen molar-refractivity contribution in [2.24, 2.45) is 11.3 Å². The summed E-state index contributed by atoms with van der Waals surface area (Å²) in [5.74, 6) is 0.496. The number of aliphatic hydroxyl groups is 2. The van der Waals surface area contributed by atoms with E-state index in [1.807, 2.05) is 12.2 Å². The van der Waals surface area contributed by atoms with Gasteiger partial charge in [-0.3, -0.25) is 4.79 Å². The molecule has 5 heteroatoms. The number of ether oxygens (including phenoxy) is 1. The average molecular weight is 343 g/mol. The second-order valence-electron chi connectivity index (χ2n) is 8.26. The summed E-state index contributed by atoms with van der Waals surface area (Å²) in [5, 5.41) is 21.9. The van der Waals surface area contributed by atoms with Gasteiger partial charge in [-0.15, -0.1) is 0 Å². The maximum Gasteiger partial charge on any atom is 0.183 e. The van der Waals surface area contributed by atoms with Crippen LogP contribution in [-0.2, 0) is 9.53 Å². The molecule has 134 valence electrons. The van der Waals surface area contributed by atoms with Crippen molar-refractivity contribution in [3.63, 3.8) is 0 Å². The van der Waals surface area contributed by atoms with Gasteiger partial charge in [0.1, 0.15) is 18.0 Å². The molecule has 5 aliphatic rings. The van der Waals surface area contributed by atoms with Crippen LogP contribution in [0.2, 0.25) is 0 Å². The summed E-state index contributed by atoms with van der Waals surface area (Å²) in [6.45, 7) is 2.71.